The van der Waals surface area contributed by atoms with Gasteiger partial charge in [-0.3, -0.25) is 4.98 Å². The van der Waals surface area contributed by atoms with Crippen LogP contribution >= 0.6 is 0 Å². The molecule has 1 aromatic heterocycles. The third-order valence-corrected chi connectivity index (χ3v) is 4.69. The number of rotatable bonds is 7. The van der Waals surface area contributed by atoms with E-state index < -0.39 is 0 Å². The van der Waals surface area contributed by atoms with Crippen LogP contribution in [0.15, 0.2) is 24.5 Å². The highest BCUT2D eigenvalue weighted by Crippen LogP contribution is 2.32. The van der Waals surface area contributed by atoms with E-state index in [2.05, 4.69) is 34.4 Å². The van der Waals surface area contributed by atoms with Crippen LogP contribution in [0.4, 0.5) is 0 Å². The summed E-state index contributed by atoms with van der Waals surface area (Å²) >= 11 is 0. The summed E-state index contributed by atoms with van der Waals surface area (Å²) in [6.07, 6.45) is 10.5. The van der Waals surface area contributed by atoms with E-state index in [0.717, 1.165) is 31.0 Å². The van der Waals surface area contributed by atoms with E-state index in [1.807, 2.05) is 12.4 Å². The normalized spacial score (nSPS) is 26.4. The molecule has 3 heteroatoms. The summed E-state index contributed by atoms with van der Waals surface area (Å²) in [6, 6.07) is 5.90. The van der Waals surface area contributed by atoms with Crippen LogP contribution in [0, 0.1) is 5.92 Å². The molecule has 0 bridgehead atoms. The van der Waals surface area contributed by atoms with Gasteiger partial charge in [-0.2, -0.15) is 0 Å². The molecule has 2 aliphatic carbocycles. The van der Waals surface area contributed by atoms with Crippen LogP contribution in [-0.2, 0) is 6.42 Å². The van der Waals surface area contributed by atoms with E-state index in [1.165, 1.54) is 37.8 Å². The molecule has 0 spiro atoms. The third-order valence-electron chi connectivity index (χ3n) is 4.69. The number of nitrogens with one attached hydrogen (secondary N) is 1. The van der Waals surface area contributed by atoms with E-state index in [9.17, 15) is 0 Å². The smallest absolute Gasteiger partial charge is 0.0270 e. The highest BCUT2D eigenvalue weighted by molar-refractivity contribution is 5.10. The lowest BCUT2D eigenvalue weighted by Crippen LogP contribution is -2.49. The van der Waals surface area contributed by atoms with Gasteiger partial charge in [-0.15, -0.1) is 0 Å². The summed E-state index contributed by atoms with van der Waals surface area (Å²) in [5.41, 5.74) is 1.40. The Balaban J connectivity index is 1.40. The molecule has 2 unspecified atom stereocenters. The summed E-state index contributed by atoms with van der Waals surface area (Å²) in [7, 11) is 2.29. The summed E-state index contributed by atoms with van der Waals surface area (Å²) in [5.74, 6) is 0.878. The van der Waals surface area contributed by atoms with Crippen molar-refractivity contribution in [2.24, 2.45) is 5.92 Å². The van der Waals surface area contributed by atoms with Gasteiger partial charge in [0.25, 0.3) is 0 Å². The Kier molecular flexibility index (Phi) is 4.14. The van der Waals surface area contributed by atoms with Crippen molar-refractivity contribution in [1.29, 1.82) is 0 Å². The quantitative estimate of drug-likeness (QED) is 0.812. The number of aromatic nitrogens is 1. The summed E-state index contributed by atoms with van der Waals surface area (Å²) in [6.45, 7) is 2.39. The monoisotopic (exact) mass is 259 g/mol. The topological polar surface area (TPSA) is 28.2 Å². The zero-order valence-corrected chi connectivity index (χ0v) is 11.9. The second-order valence-electron chi connectivity index (χ2n) is 6.17. The van der Waals surface area contributed by atoms with Gasteiger partial charge in [0.15, 0.2) is 0 Å². The molecular formula is C16H25N3. The molecule has 3 rings (SSSR count). The second-order valence-corrected chi connectivity index (χ2v) is 6.17. The van der Waals surface area contributed by atoms with Crippen LogP contribution in [0.25, 0.3) is 0 Å². The van der Waals surface area contributed by atoms with Crippen molar-refractivity contribution in [3.8, 4) is 0 Å². The highest BCUT2D eigenvalue weighted by Gasteiger charge is 2.34. The fraction of sp³-hybridized carbons (Fsp3) is 0.688. The summed E-state index contributed by atoms with van der Waals surface area (Å²) in [4.78, 5) is 6.63. The molecular weight excluding hydrogens is 234 g/mol. The first-order valence-electron chi connectivity index (χ1n) is 7.65. The number of hydrogen-bond donors (Lipinski definition) is 1. The number of hydrogen-bond acceptors (Lipinski definition) is 3. The van der Waals surface area contributed by atoms with Crippen LogP contribution in [0.3, 0.4) is 0 Å². The van der Waals surface area contributed by atoms with Gasteiger partial charge in [-0.05, 0) is 69.3 Å². The largest absolute Gasteiger partial charge is 0.314 e. The molecule has 2 aliphatic rings. The molecule has 19 heavy (non-hydrogen) atoms. The number of pyridine rings is 1. The third kappa shape index (κ3) is 3.54. The number of likely N-dealkylation sites (N-methyl/N-ethyl adjacent to an activating group) is 1. The second kappa shape index (κ2) is 6.02. The van der Waals surface area contributed by atoms with E-state index in [0.29, 0.717) is 0 Å². The Hall–Kier alpha value is -0.930. The minimum Gasteiger partial charge on any atom is -0.314 e. The summed E-state index contributed by atoms with van der Waals surface area (Å²) < 4.78 is 0. The lowest BCUT2D eigenvalue weighted by molar-refractivity contribution is 0.0845. The molecule has 0 aromatic carbocycles. The molecule has 0 radical (unpaired) electrons. The maximum absolute atomic E-state index is 4.07. The number of nitrogens with zero attached hydrogens (tertiary/aromatic N) is 2. The molecule has 2 atom stereocenters. The van der Waals surface area contributed by atoms with Crippen LogP contribution in [0.5, 0.6) is 0 Å². The van der Waals surface area contributed by atoms with Gasteiger partial charge in [0.05, 0.1) is 0 Å². The highest BCUT2D eigenvalue weighted by atomic mass is 15.1. The SMILES string of the molecule is CN(CCc1ccncc1)C1CCC1CNC1CC1. The van der Waals surface area contributed by atoms with Crippen molar-refractivity contribution in [3.05, 3.63) is 30.1 Å². The zero-order valence-electron chi connectivity index (χ0n) is 11.9. The van der Waals surface area contributed by atoms with Crippen LogP contribution < -0.4 is 5.32 Å². The van der Waals surface area contributed by atoms with Gasteiger partial charge < -0.3 is 10.2 Å². The molecule has 2 fully saturated rings. The van der Waals surface area contributed by atoms with Crippen molar-refractivity contribution in [1.82, 2.24) is 15.2 Å². The van der Waals surface area contributed by atoms with Crippen LogP contribution in [-0.4, -0.2) is 42.1 Å². The lowest BCUT2D eigenvalue weighted by Gasteiger charge is -2.43. The maximum Gasteiger partial charge on any atom is 0.0270 e. The molecule has 3 nitrogen and oxygen atoms in total. The molecule has 1 N–H and O–H groups in total. The molecule has 0 saturated heterocycles. The Morgan fingerprint density at radius 1 is 1.21 bits per heavy atom. The van der Waals surface area contributed by atoms with Gasteiger partial charge in [0, 0.05) is 31.0 Å². The van der Waals surface area contributed by atoms with E-state index >= 15 is 0 Å². The Labute approximate surface area is 116 Å². The van der Waals surface area contributed by atoms with Gasteiger partial charge in [-0.25, -0.2) is 0 Å². The van der Waals surface area contributed by atoms with Crippen LogP contribution in [0.1, 0.15) is 31.2 Å². The average Bonchev–Trinajstić information content (AvgIpc) is 3.21. The van der Waals surface area contributed by atoms with E-state index in [-0.39, 0.29) is 0 Å². The molecule has 1 heterocycles. The first kappa shape index (κ1) is 13.1. The molecule has 0 amide bonds. The van der Waals surface area contributed by atoms with Gasteiger partial charge in [0.1, 0.15) is 0 Å². The standard InChI is InChI=1S/C16H25N3/c1-19(11-8-13-6-9-17-10-7-13)16-5-2-14(16)12-18-15-3-4-15/h6-7,9-10,14-16,18H,2-5,8,11-12H2,1H3. The Bertz CT molecular complexity index is 388. The fourth-order valence-corrected chi connectivity index (χ4v) is 3.00. The van der Waals surface area contributed by atoms with Crippen molar-refractivity contribution in [3.63, 3.8) is 0 Å². The lowest BCUT2D eigenvalue weighted by atomic mass is 9.78. The Morgan fingerprint density at radius 2 is 2.00 bits per heavy atom. The minimum absolute atomic E-state index is 0.799. The molecule has 2 saturated carbocycles. The predicted octanol–water partition coefficient (Wildman–Crippen LogP) is 2.09. The van der Waals surface area contributed by atoms with E-state index in [1.54, 1.807) is 0 Å². The van der Waals surface area contributed by atoms with Gasteiger partial charge >= 0.3 is 0 Å². The predicted molar refractivity (Wildman–Crippen MR) is 78.1 cm³/mol. The minimum atomic E-state index is 0.799. The van der Waals surface area contributed by atoms with Gasteiger partial charge in [-0.1, -0.05) is 0 Å². The first-order valence-corrected chi connectivity index (χ1v) is 7.65. The first-order chi connectivity index (χ1) is 9.33. The van der Waals surface area contributed by atoms with Crippen molar-refractivity contribution in [2.45, 2.75) is 44.2 Å². The van der Waals surface area contributed by atoms with Crippen molar-refractivity contribution >= 4 is 0 Å². The van der Waals surface area contributed by atoms with Crippen LogP contribution in [0.2, 0.25) is 0 Å². The van der Waals surface area contributed by atoms with Crippen molar-refractivity contribution in [2.75, 3.05) is 20.1 Å². The fourth-order valence-electron chi connectivity index (χ4n) is 3.00. The maximum atomic E-state index is 4.07. The summed E-state index contributed by atoms with van der Waals surface area (Å²) in [5, 5.41) is 3.68. The zero-order chi connectivity index (χ0) is 13.1. The Morgan fingerprint density at radius 3 is 2.63 bits per heavy atom. The van der Waals surface area contributed by atoms with Crippen molar-refractivity contribution < 1.29 is 0 Å². The van der Waals surface area contributed by atoms with Gasteiger partial charge in [0.2, 0.25) is 0 Å². The molecule has 0 aliphatic heterocycles. The molecule has 104 valence electrons. The average molecular weight is 259 g/mol. The van der Waals surface area contributed by atoms with E-state index in [4.69, 9.17) is 0 Å². The molecule has 1 aromatic rings.